The summed E-state index contributed by atoms with van der Waals surface area (Å²) in [5, 5.41) is 0. The Balaban J connectivity index is 2.34. The Morgan fingerprint density at radius 2 is 2.06 bits per heavy atom. The summed E-state index contributed by atoms with van der Waals surface area (Å²) in [5.41, 5.74) is 8.35. The van der Waals surface area contributed by atoms with E-state index in [2.05, 4.69) is 22.0 Å². The van der Waals surface area contributed by atoms with E-state index in [0.29, 0.717) is 0 Å². The summed E-state index contributed by atoms with van der Waals surface area (Å²) in [4.78, 5) is 2.05. The van der Waals surface area contributed by atoms with Gasteiger partial charge in [0.05, 0.1) is 16.8 Å². The number of hydrogen-bond donors (Lipinski definition) is 1. The van der Waals surface area contributed by atoms with E-state index in [-0.39, 0.29) is 6.04 Å². The number of nitrogens with zero attached hydrogens (tertiary/aromatic N) is 1. The van der Waals surface area contributed by atoms with Crippen LogP contribution in [-0.4, -0.2) is 14.1 Å². The number of anilines is 1. The quantitative estimate of drug-likeness (QED) is 0.945. The molecule has 1 aromatic carbocycles. The van der Waals surface area contributed by atoms with Crippen LogP contribution in [0.1, 0.15) is 17.4 Å². The summed E-state index contributed by atoms with van der Waals surface area (Å²) in [5.74, 6) is 0.751. The van der Waals surface area contributed by atoms with Gasteiger partial charge in [-0.15, -0.1) is 0 Å². The van der Waals surface area contributed by atoms with Crippen molar-refractivity contribution >= 4 is 21.6 Å². The van der Waals surface area contributed by atoms with Crippen LogP contribution >= 0.6 is 15.9 Å². The number of benzene rings is 1. The fourth-order valence-corrected chi connectivity index (χ4v) is 2.12. The van der Waals surface area contributed by atoms with Crippen LogP contribution in [0.25, 0.3) is 0 Å². The Labute approximate surface area is 109 Å². The molecule has 0 spiro atoms. The molecule has 0 aliphatic heterocycles. The van der Waals surface area contributed by atoms with E-state index >= 15 is 0 Å². The predicted octanol–water partition coefficient (Wildman–Crippen LogP) is 3.16. The Hall–Kier alpha value is -1.26. The molecule has 17 heavy (non-hydrogen) atoms. The number of nitrogens with two attached hydrogens (primary N) is 1. The first-order chi connectivity index (χ1) is 8.09. The van der Waals surface area contributed by atoms with Gasteiger partial charge in [0.25, 0.3) is 0 Å². The van der Waals surface area contributed by atoms with E-state index < -0.39 is 0 Å². The molecule has 2 aromatic rings. The average Bonchev–Trinajstić information content (AvgIpc) is 2.74. The van der Waals surface area contributed by atoms with Crippen molar-refractivity contribution in [1.82, 2.24) is 0 Å². The van der Waals surface area contributed by atoms with Gasteiger partial charge in [0, 0.05) is 19.8 Å². The van der Waals surface area contributed by atoms with Crippen LogP contribution in [0.4, 0.5) is 5.69 Å². The molecule has 1 heterocycles. The van der Waals surface area contributed by atoms with Gasteiger partial charge in [-0.25, -0.2) is 0 Å². The molecule has 1 unspecified atom stereocenters. The van der Waals surface area contributed by atoms with Crippen molar-refractivity contribution in [3.63, 3.8) is 0 Å². The molecular weight excluding hydrogens is 280 g/mol. The Kier molecular flexibility index (Phi) is 3.54. The lowest BCUT2D eigenvalue weighted by Crippen LogP contribution is -2.13. The van der Waals surface area contributed by atoms with Crippen LogP contribution in [0.5, 0.6) is 0 Å². The summed E-state index contributed by atoms with van der Waals surface area (Å²) < 4.78 is 6.30. The lowest BCUT2D eigenvalue weighted by Gasteiger charge is -2.16. The van der Waals surface area contributed by atoms with Crippen LogP contribution < -0.4 is 10.6 Å². The van der Waals surface area contributed by atoms with E-state index in [9.17, 15) is 0 Å². The Morgan fingerprint density at radius 3 is 2.65 bits per heavy atom. The van der Waals surface area contributed by atoms with Gasteiger partial charge in [0.15, 0.2) is 0 Å². The zero-order valence-electron chi connectivity index (χ0n) is 9.85. The minimum Gasteiger partial charge on any atom is -0.466 e. The van der Waals surface area contributed by atoms with Gasteiger partial charge in [-0.1, -0.05) is 12.1 Å². The van der Waals surface area contributed by atoms with E-state index in [4.69, 9.17) is 10.2 Å². The Bertz CT molecular complexity index is 508. The Morgan fingerprint density at radius 1 is 1.29 bits per heavy atom. The highest BCUT2D eigenvalue weighted by molar-refractivity contribution is 9.10. The SMILES string of the molecule is CN(C)c1cccc(C(N)c2occc2Br)c1. The molecule has 2 N–H and O–H groups in total. The smallest absolute Gasteiger partial charge is 0.139 e. The van der Waals surface area contributed by atoms with Gasteiger partial charge in [-0.3, -0.25) is 0 Å². The molecule has 4 heteroatoms. The van der Waals surface area contributed by atoms with Gasteiger partial charge in [0.1, 0.15) is 5.76 Å². The first-order valence-electron chi connectivity index (χ1n) is 5.35. The summed E-state index contributed by atoms with van der Waals surface area (Å²) in [6.45, 7) is 0. The minimum atomic E-state index is -0.251. The van der Waals surface area contributed by atoms with Gasteiger partial charge in [-0.05, 0) is 39.7 Å². The highest BCUT2D eigenvalue weighted by Crippen LogP contribution is 2.29. The summed E-state index contributed by atoms with van der Waals surface area (Å²) in [6.07, 6.45) is 1.63. The van der Waals surface area contributed by atoms with Crippen molar-refractivity contribution < 1.29 is 4.42 Å². The van der Waals surface area contributed by atoms with Crippen LogP contribution in [-0.2, 0) is 0 Å². The number of halogens is 1. The molecule has 0 aliphatic carbocycles. The first kappa shape index (κ1) is 12.2. The van der Waals surface area contributed by atoms with Crippen molar-refractivity contribution in [2.45, 2.75) is 6.04 Å². The molecule has 1 aromatic heterocycles. The average molecular weight is 295 g/mol. The van der Waals surface area contributed by atoms with Crippen LogP contribution in [0.2, 0.25) is 0 Å². The second-order valence-electron chi connectivity index (χ2n) is 4.10. The molecule has 0 bridgehead atoms. The molecule has 90 valence electrons. The van der Waals surface area contributed by atoms with Crippen LogP contribution in [0, 0.1) is 0 Å². The fourth-order valence-electron chi connectivity index (χ4n) is 1.68. The summed E-state index contributed by atoms with van der Waals surface area (Å²) in [7, 11) is 4.01. The van der Waals surface area contributed by atoms with Gasteiger partial charge in [0.2, 0.25) is 0 Å². The maximum Gasteiger partial charge on any atom is 0.139 e. The van der Waals surface area contributed by atoms with Crippen molar-refractivity contribution in [2.75, 3.05) is 19.0 Å². The lowest BCUT2D eigenvalue weighted by atomic mass is 10.0. The third-order valence-electron chi connectivity index (χ3n) is 2.67. The molecule has 2 rings (SSSR count). The maximum absolute atomic E-state index is 6.19. The largest absolute Gasteiger partial charge is 0.466 e. The van der Waals surface area contributed by atoms with Crippen molar-refractivity contribution in [3.05, 3.63) is 52.4 Å². The molecule has 0 aliphatic rings. The summed E-state index contributed by atoms with van der Waals surface area (Å²) in [6, 6.07) is 9.73. The van der Waals surface area contributed by atoms with Gasteiger partial charge < -0.3 is 15.1 Å². The lowest BCUT2D eigenvalue weighted by molar-refractivity contribution is 0.487. The van der Waals surface area contributed by atoms with Gasteiger partial charge >= 0.3 is 0 Å². The standard InChI is InChI=1S/C13H15BrN2O/c1-16(2)10-5-3-4-9(8-10)12(15)13-11(14)6-7-17-13/h3-8,12H,15H2,1-2H3. The highest BCUT2D eigenvalue weighted by atomic mass is 79.9. The van der Waals surface area contributed by atoms with Gasteiger partial charge in [-0.2, -0.15) is 0 Å². The number of hydrogen-bond acceptors (Lipinski definition) is 3. The van der Waals surface area contributed by atoms with Crippen LogP contribution in [0.3, 0.4) is 0 Å². The first-order valence-corrected chi connectivity index (χ1v) is 6.14. The molecule has 3 nitrogen and oxygen atoms in total. The maximum atomic E-state index is 6.19. The number of rotatable bonds is 3. The molecule has 0 saturated carbocycles. The summed E-state index contributed by atoms with van der Waals surface area (Å²) >= 11 is 3.43. The van der Waals surface area contributed by atoms with E-state index in [0.717, 1.165) is 21.5 Å². The molecular formula is C13H15BrN2O. The topological polar surface area (TPSA) is 42.4 Å². The minimum absolute atomic E-state index is 0.251. The van der Waals surface area contributed by atoms with E-state index in [1.165, 1.54) is 0 Å². The van der Waals surface area contributed by atoms with E-state index in [1.807, 2.05) is 43.3 Å². The third kappa shape index (κ3) is 2.53. The van der Waals surface area contributed by atoms with Crippen molar-refractivity contribution in [3.8, 4) is 0 Å². The molecule has 0 saturated heterocycles. The normalized spacial score (nSPS) is 12.5. The van der Waals surface area contributed by atoms with Crippen molar-refractivity contribution in [2.24, 2.45) is 5.73 Å². The van der Waals surface area contributed by atoms with Crippen LogP contribution in [0.15, 0.2) is 45.5 Å². The van der Waals surface area contributed by atoms with E-state index in [1.54, 1.807) is 6.26 Å². The number of furan rings is 1. The zero-order valence-corrected chi connectivity index (χ0v) is 11.4. The monoisotopic (exact) mass is 294 g/mol. The molecule has 1 atom stereocenters. The third-order valence-corrected chi connectivity index (χ3v) is 3.33. The molecule has 0 fully saturated rings. The highest BCUT2D eigenvalue weighted by Gasteiger charge is 2.16. The fraction of sp³-hybridized carbons (Fsp3) is 0.231. The zero-order chi connectivity index (χ0) is 12.4. The van der Waals surface area contributed by atoms with Crippen molar-refractivity contribution in [1.29, 1.82) is 0 Å². The molecule has 0 radical (unpaired) electrons. The second kappa shape index (κ2) is 4.94. The second-order valence-corrected chi connectivity index (χ2v) is 4.95. The predicted molar refractivity (Wildman–Crippen MR) is 73.2 cm³/mol. The molecule has 0 amide bonds.